The molecule has 0 spiro atoms. The topological polar surface area (TPSA) is 98.5 Å². The Morgan fingerprint density at radius 3 is 2.50 bits per heavy atom. The lowest BCUT2D eigenvalue weighted by molar-refractivity contribution is -0.385. The number of methoxy groups -OCH3 is 1. The molecule has 2 aromatic carbocycles. The van der Waals surface area contributed by atoms with Crippen molar-refractivity contribution < 1.29 is 18.1 Å². The van der Waals surface area contributed by atoms with Crippen molar-refractivity contribution >= 4 is 21.4 Å². The van der Waals surface area contributed by atoms with E-state index in [9.17, 15) is 18.5 Å². The number of non-ortho nitro benzene ring substituents is 1. The second kappa shape index (κ2) is 6.02. The number of anilines is 1. The number of rotatable bonds is 5. The van der Waals surface area contributed by atoms with E-state index in [-0.39, 0.29) is 16.3 Å². The van der Waals surface area contributed by atoms with Crippen molar-refractivity contribution in [3.63, 3.8) is 0 Å². The SMILES string of the molecule is COc1ccccc1NS(=O)(=O)c1cc([N+](=O)[O-])ccc1C. The van der Waals surface area contributed by atoms with Gasteiger partial charge in [-0.1, -0.05) is 18.2 Å². The quantitative estimate of drug-likeness (QED) is 0.674. The fourth-order valence-corrected chi connectivity index (χ4v) is 3.26. The summed E-state index contributed by atoms with van der Waals surface area (Å²) in [4.78, 5) is 10.0. The number of hydrogen-bond acceptors (Lipinski definition) is 5. The van der Waals surface area contributed by atoms with Gasteiger partial charge >= 0.3 is 0 Å². The fraction of sp³-hybridized carbons (Fsp3) is 0.143. The van der Waals surface area contributed by atoms with E-state index in [2.05, 4.69) is 4.72 Å². The third-order valence-electron chi connectivity index (χ3n) is 3.02. The Morgan fingerprint density at radius 1 is 1.18 bits per heavy atom. The maximum absolute atomic E-state index is 12.5. The van der Waals surface area contributed by atoms with Gasteiger partial charge in [-0.3, -0.25) is 14.8 Å². The average molecular weight is 322 g/mol. The number of hydrogen-bond donors (Lipinski definition) is 1. The molecule has 2 rings (SSSR count). The molecular formula is C14H14N2O5S. The minimum atomic E-state index is -3.97. The molecule has 0 aromatic heterocycles. The molecule has 0 radical (unpaired) electrons. The first-order valence-electron chi connectivity index (χ1n) is 6.26. The Kier molecular flexibility index (Phi) is 4.32. The van der Waals surface area contributed by atoms with Crippen molar-refractivity contribution in [3.8, 4) is 5.75 Å². The minimum absolute atomic E-state index is 0.146. The number of nitro groups is 1. The predicted octanol–water partition coefficient (Wildman–Crippen LogP) is 2.71. The molecule has 0 unspecified atom stereocenters. The van der Waals surface area contributed by atoms with E-state index < -0.39 is 14.9 Å². The average Bonchev–Trinajstić information content (AvgIpc) is 2.47. The van der Waals surface area contributed by atoms with Gasteiger partial charge in [-0.25, -0.2) is 8.42 Å². The highest BCUT2D eigenvalue weighted by Gasteiger charge is 2.21. The molecule has 0 aliphatic rings. The van der Waals surface area contributed by atoms with Gasteiger partial charge in [0.25, 0.3) is 15.7 Å². The normalized spacial score (nSPS) is 11.0. The summed E-state index contributed by atoms with van der Waals surface area (Å²) in [7, 11) is -2.54. The van der Waals surface area contributed by atoms with Crippen LogP contribution in [0.2, 0.25) is 0 Å². The number of nitrogens with one attached hydrogen (secondary N) is 1. The predicted molar refractivity (Wildman–Crippen MR) is 81.6 cm³/mol. The second-order valence-corrected chi connectivity index (χ2v) is 6.16. The molecule has 0 aliphatic heterocycles. The van der Waals surface area contributed by atoms with Crippen LogP contribution < -0.4 is 9.46 Å². The third-order valence-corrected chi connectivity index (χ3v) is 4.53. The van der Waals surface area contributed by atoms with Crippen LogP contribution >= 0.6 is 0 Å². The van der Waals surface area contributed by atoms with Crippen LogP contribution in [0.3, 0.4) is 0 Å². The summed E-state index contributed by atoms with van der Waals surface area (Å²) in [6.45, 7) is 1.57. The van der Waals surface area contributed by atoms with Crippen LogP contribution in [-0.4, -0.2) is 20.5 Å². The number of para-hydroxylation sites is 2. The second-order valence-electron chi connectivity index (χ2n) is 4.51. The molecule has 0 bridgehead atoms. The molecule has 8 heteroatoms. The summed E-state index contributed by atoms with van der Waals surface area (Å²) in [5, 5.41) is 10.8. The number of ether oxygens (including phenoxy) is 1. The number of sulfonamides is 1. The molecule has 0 heterocycles. The lowest BCUT2D eigenvalue weighted by atomic mass is 10.2. The van der Waals surface area contributed by atoms with Crippen molar-refractivity contribution in [3.05, 3.63) is 58.1 Å². The van der Waals surface area contributed by atoms with Gasteiger partial charge in [0.1, 0.15) is 5.75 Å². The zero-order valence-corrected chi connectivity index (χ0v) is 12.8. The number of nitro benzene ring substituents is 1. The van der Waals surface area contributed by atoms with E-state index >= 15 is 0 Å². The van der Waals surface area contributed by atoms with Crippen LogP contribution in [0.1, 0.15) is 5.56 Å². The Bertz CT molecular complexity index is 818. The molecule has 0 saturated heterocycles. The van der Waals surface area contributed by atoms with Gasteiger partial charge in [-0.15, -0.1) is 0 Å². The summed E-state index contributed by atoms with van der Waals surface area (Å²) in [6, 6.07) is 10.2. The summed E-state index contributed by atoms with van der Waals surface area (Å²) in [6.07, 6.45) is 0. The van der Waals surface area contributed by atoms with E-state index in [4.69, 9.17) is 4.74 Å². The maximum atomic E-state index is 12.5. The lowest BCUT2D eigenvalue weighted by Crippen LogP contribution is -2.15. The smallest absolute Gasteiger partial charge is 0.270 e. The van der Waals surface area contributed by atoms with Gasteiger partial charge in [-0.05, 0) is 24.6 Å². The van der Waals surface area contributed by atoms with Crippen LogP contribution in [0.5, 0.6) is 5.75 Å². The van der Waals surface area contributed by atoms with Crippen LogP contribution in [0.25, 0.3) is 0 Å². The van der Waals surface area contributed by atoms with Gasteiger partial charge < -0.3 is 4.74 Å². The monoisotopic (exact) mass is 322 g/mol. The van der Waals surface area contributed by atoms with Gasteiger partial charge in [-0.2, -0.15) is 0 Å². The number of nitrogens with zero attached hydrogens (tertiary/aromatic N) is 1. The number of aryl methyl sites for hydroxylation is 1. The van der Waals surface area contributed by atoms with Crippen molar-refractivity contribution in [1.29, 1.82) is 0 Å². The zero-order valence-electron chi connectivity index (χ0n) is 11.9. The highest BCUT2D eigenvalue weighted by Crippen LogP contribution is 2.28. The van der Waals surface area contributed by atoms with Crippen molar-refractivity contribution in [2.75, 3.05) is 11.8 Å². The van der Waals surface area contributed by atoms with Gasteiger partial charge in [0.15, 0.2) is 0 Å². The Labute approximate surface area is 127 Å². The van der Waals surface area contributed by atoms with Gasteiger partial charge in [0, 0.05) is 12.1 Å². The van der Waals surface area contributed by atoms with Crippen molar-refractivity contribution in [1.82, 2.24) is 0 Å². The van der Waals surface area contributed by atoms with E-state index in [1.165, 1.54) is 19.2 Å². The van der Waals surface area contributed by atoms with Crippen LogP contribution in [-0.2, 0) is 10.0 Å². The highest BCUT2D eigenvalue weighted by atomic mass is 32.2. The Balaban J connectivity index is 2.47. The lowest BCUT2D eigenvalue weighted by Gasteiger charge is -2.12. The summed E-state index contributed by atoms with van der Waals surface area (Å²) in [5.74, 6) is 0.356. The van der Waals surface area contributed by atoms with Crippen LogP contribution in [0.4, 0.5) is 11.4 Å². The Morgan fingerprint density at radius 2 is 1.86 bits per heavy atom. The van der Waals surface area contributed by atoms with E-state index in [0.717, 1.165) is 6.07 Å². The summed E-state index contributed by atoms with van der Waals surface area (Å²) >= 11 is 0. The van der Waals surface area contributed by atoms with Crippen molar-refractivity contribution in [2.24, 2.45) is 0 Å². The summed E-state index contributed by atoms with van der Waals surface area (Å²) in [5.41, 5.74) is 0.384. The first kappa shape index (κ1) is 15.8. The van der Waals surface area contributed by atoms with Gasteiger partial charge in [0.2, 0.25) is 0 Å². The number of benzene rings is 2. The Hall–Kier alpha value is -2.61. The maximum Gasteiger partial charge on any atom is 0.270 e. The molecule has 22 heavy (non-hydrogen) atoms. The third kappa shape index (κ3) is 3.17. The molecule has 7 nitrogen and oxygen atoms in total. The molecule has 0 atom stereocenters. The molecule has 0 saturated carbocycles. The van der Waals surface area contributed by atoms with E-state index in [1.54, 1.807) is 31.2 Å². The first-order chi connectivity index (χ1) is 10.3. The van der Waals surface area contributed by atoms with E-state index in [0.29, 0.717) is 11.3 Å². The zero-order chi connectivity index (χ0) is 16.3. The molecular weight excluding hydrogens is 308 g/mol. The standard InChI is InChI=1S/C14H14N2O5S/c1-10-7-8-11(16(17)18)9-14(10)22(19,20)15-12-5-3-4-6-13(12)21-2/h3-9,15H,1-2H3. The molecule has 0 fully saturated rings. The van der Waals surface area contributed by atoms with E-state index in [1.807, 2.05) is 0 Å². The van der Waals surface area contributed by atoms with Gasteiger partial charge in [0.05, 0.1) is 22.6 Å². The molecule has 2 aromatic rings. The summed E-state index contributed by atoms with van der Waals surface area (Å²) < 4.78 is 32.4. The van der Waals surface area contributed by atoms with Crippen molar-refractivity contribution in [2.45, 2.75) is 11.8 Å². The molecule has 0 amide bonds. The highest BCUT2D eigenvalue weighted by molar-refractivity contribution is 7.92. The van der Waals surface area contributed by atoms with Crippen LogP contribution in [0, 0.1) is 17.0 Å². The van der Waals surface area contributed by atoms with Crippen LogP contribution in [0.15, 0.2) is 47.4 Å². The minimum Gasteiger partial charge on any atom is -0.495 e. The largest absolute Gasteiger partial charge is 0.495 e. The molecule has 1 N–H and O–H groups in total. The first-order valence-corrected chi connectivity index (χ1v) is 7.74. The molecule has 0 aliphatic carbocycles. The fourth-order valence-electron chi connectivity index (χ4n) is 1.92. The molecule has 116 valence electrons.